The summed E-state index contributed by atoms with van der Waals surface area (Å²) in [5.74, 6) is 0.810. The Morgan fingerprint density at radius 2 is 2.06 bits per heavy atom. The molecule has 0 atom stereocenters. The van der Waals surface area contributed by atoms with Gasteiger partial charge in [0.1, 0.15) is 12.1 Å². The lowest BCUT2D eigenvalue weighted by Crippen LogP contribution is -2.00. The third-order valence-corrected chi connectivity index (χ3v) is 2.94. The highest BCUT2D eigenvalue weighted by molar-refractivity contribution is 14.1. The van der Waals surface area contributed by atoms with E-state index in [1.807, 2.05) is 26.0 Å². The van der Waals surface area contributed by atoms with Crippen LogP contribution in [0.5, 0.6) is 0 Å². The Hall–Kier alpha value is -1.24. The van der Waals surface area contributed by atoms with E-state index in [1.165, 1.54) is 6.33 Å². The summed E-state index contributed by atoms with van der Waals surface area (Å²) in [4.78, 5) is 12.5. The topological polar surface area (TPSA) is 50.7 Å². The summed E-state index contributed by atoms with van der Waals surface area (Å²) in [5.41, 5.74) is 2.96. The zero-order valence-electron chi connectivity index (χ0n) is 9.03. The van der Waals surface area contributed by atoms with Crippen LogP contribution in [-0.4, -0.2) is 15.0 Å². The van der Waals surface area contributed by atoms with Gasteiger partial charge in [-0.05, 0) is 48.6 Å². The third-order valence-electron chi connectivity index (χ3n) is 2.15. The zero-order chi connectivity index (χ0) is 11.5. The molecule has 0 aliphatic heterocycles. The Labute approximate surface area is 108 Å². The molecule has 0 saturated heterocycles. The number of rotatable bonds is 2. The Morgan fingerprint density at radius 3 is 2.75 bits per heavy atom. The predicted octanol–water partition coefficient (Wildman–Crippen LogP) is 2.84. The van der Waals surface area contributed by atoms with Crippen molar-refractivity contribution in [1.82, 2.24) is 15.0 Å². The van der Waals surface area contributed by atoms with Crippen molar-refractivity contribution in [2.24, 2.45) is 0 Å². The minimum absolute atomic E-state index is 0.810. The van der Waals surface area contributed by atoms with Gasteiger partial charge >= 0.3 is 0 Å². The van der Waals surface area contributed by atoms with Crippen LogP contribution in [0.2, 0.25) is 0 Å². The number of nitrogens with one attached hydrogen (secondary N) is 1. The van der Waals surface area contributed by atoms with Gasteiger partial charge in [0.15, 0.2) is 0 Å². The molecular weight excluding hydrogens is 315 g/mol. The quantitative estimate of drug-likeness (QED) is 0.863. The summed E-state index contributed by atoms with van der Waals surface area (Å²) >= 11 is 2.20. The van der Waals surface area contributed by atoms with Crippen LogP contribution in [0.1, 0.15) is 11.4 Å². The van der Waals surface area contributed by atoms with Gasteiger partial charge in [0, 0.05) is 11.9 Å². The van der Waals surface area contributed by atoms with E-state index >= 15 is 0 Å². The van der Waals surface area contributed by atoms with E-state index in [1.54, 1.807) is 6.20 Å². The summed E-state index contributed by atoms with van der Waals surface area (Å²) in [6, 6.07) is 3.99. The molecule has 4 nitrogen and oxygen atoms in total. The average Bonchev–Trinajstić information content (AvgIpc) is 2.25. The first-order valence-electron chi connectivity index (χ1n) is 4.83. The maximum atomic E-state index is 4.39. The van der Waals surface area contributed by atoms with Crippen LogP contribution in [0.4, 0.5) is 11.5 Å². The molecule has 0 spiro atoms. The Bertz CT molecular complexity index is 513. The fourth-order valence-electron chi connectivity index (χ4n) is 1.35. The second-order valence-electron chi connectivity index (χ2n) is 3.43. The van der Waals surface area contributed by atoms with Crippen LogP contribution in [-0.2, 0) is 0 Å². The highest BCUT2D eigenvalue weighted by Crippen LogP contribution is 2.21. The molecule has 0 radical (unpaired) electrons. The fraction of sp³-hybridized carbons (Fsp3) is 0.182. The molecule has 0 aromatic carbocycles. The van der Waals surface area contributed by atoms with Gasteiger partial charge in [-0.15, -0.1) is 0 Å². The molecule has 0 aliphatic rings. The van der Waals surface area contributed by atoms with E-state index in [0.29, 0.717) is 0 Å². The second-order valence-corrected chi connectivity index (χ2v) is 4.59. The Morgan fingerprint density at radius 1 is 1.25 bits per heavy atom. The first-order chi connectivity index (χ1) is 7.66. The van der Waals surface area contributed by atoms with E-state index < -0.39 is 0 Å². The molecule has 0 fully saturated rings. The van der Waals surface area contributed by atoms with Crippen molar-refractivity contribution in [2.75, 3.05) is 5.32 Å². The monoisotopic (exact) mass is 326 g/mol. The molecule has 82 valence electrons. The number of hydrogen-bond acceptors (Lipinski definition) is 4. The maximum absolute atomic E-state index is 4.39. The van der Waals surface area contributed by atoms with Crippen LogP contribution < -0.4 is 5.32 Å². The fourth-order valence-corrected chi connectivity index (χ4v) is 1.79. The van der Waals surface area contributed by atoms with Gasteiger partial charge in [-0.1, -0.05) is 0 Å². The highest BCUT2D eigenvalue weighted by Gasteiger charge is 2.04. The smallest absolute Gasteiger partial charge is 0.147 e. The third kappa shape index (κ3) is 2.46. The van der Waals surface area contributed by atoms with Crippen molar-refractivity contribution < 1.29 is 0 Å². The van der Waals surface area contributed by atoms with Crippen LogP contribution in [0.15, 0.2) is 24.7 Å². The normalized spacial score (nSPS) is 10.2. The predicted molar refractivity (Wildman–Crippen MR) is 71.7 cm³/mol. The van der Waals surface area contributed by atoms with E-state index in [9.17, 15) is 0 Å². The molecule has 0 saturated carbocycles. The van der Waals surface area contributed by atoms with Gasteiger partial charge in [0.2, 0.25) is 0 Å². The molecule has 0 unspecified atom stereocenters. The van der Waals surface area contributed by atoms with Gasteiger partial charge in [-0.2, -0.15) is 0 Å². The van der Waals surface area contributed by atoms with Crippen LogP contribution >= 0.6 is 22.6 Å². The molecule has 5 heteroatoms. The number of hydrogen-bond donors (Lipinski definition) is 1. The summed E-state index contributed by atoms with van der Waals surface area (Å²) in [7, 11) is 0. The number of aromatic nitrogens is 3. The Kier molecular flexibility index (Phi) is 3.33. The summed E-state index contributed by atoms with van der Waals surface area (Å²) < 4.78 is 0.986. The van der Waals surface area contributed by atoms with Gasteiger partial charge < -0.3 is 5.32 Å². The lowest BCUT2D eigenvalue weighted by atomic mass is 10.3. The van der Waals surface area contributed by atoms with Gasteiger partial charge in [-0.3, -0.25) is 4.98 Å². The number of anilines is 2. The van der Waals surface area contributed by atoms with E-state index in [0.717, 1.165) is 26.5 Å². The average molecular weight is 326 g/mol. The van der Waals surface area contributed by atoms with Crippen molar-refractivity contribution in [2.45, 2.75) is 13.8 Å². The number of aryl methyl sites for hydroxylation is 2. The minimum Gasteiger partial charge on any atom is -0.338 e. The first-order valence-corrected chi connectivity index (χ1v) is 5.91. The van der Waals surface area contributed by atoms with Crippen molar-refractivity contribution in [3.8, 4) is 0 Å². The molecule has 2 aromatic rings. The molecule has 2 rings (SSSR count). The van der Waals surface area contributed by atoms with Gasteiger partial charge in [0.25, 0.3) is 0 Å². The number of halogens is 1. The van der Waals surface area contributed by atoms with Gasteiger partial charge in [0.05, 0.1) is 15.0 Å². The molecular formula is C11H11IN4. The molecule has 16 heavy (non-hydrogen) atoms. The Balaban J connectivity index is 2.31. The van der Waals surface area contributed by atoms with Crippen molar-refractivity contribution in [3.63, 3.8) is 0 Å². The largest absolute Gasteiger partial charge is 0.338 e. The van der Waals surface area contributed by atoms with Crippen LogP contribution in [0.25, 0.3) is 0 Å². The van der Waals surface area contributed by atoms with Gasteiger partial charge in [-0.25, -0.2) is 9.97 Å². The number of pyridine rings is 1. The lowest BCUT2D eigenvalue weighted by molar-refractivity contribution is 1.11. The molecule has 2 aromatic heterocycles. The molecule has 1 N–H and O–H groups in total. The first kappa shape index (κ1) is 11.3. The van der Waals surface area contributed by atoms with E-state index in [-0.39, 0.29) is 0 Å². The lowest BCUT2D eigenvalue weighted by Gasteiger charge is -2.09. The highest BCUT2D eigenvalue weighted by atomic mass is 127. The standard InChI is InChI=1S/C11H11IN4/c1-7-3-4-10(8(2)15-7)16-11-9(12)5-13-6-14-11/h3-6H,1-2H3,(H,13,14,16). The summed E-state index contributed by atoms with van der Waals surface area (Å²) in [6.07, 6.45) is 3.30. The summed E-state index contributed by atoms with van der Waals surface area (Å²) in [6.45, 7) is 3.95. The maximum Gasteiger partial charge on any atom is 0.147 e. The molecule has 0 bridgehead atoms. The van der Waals surface area contributed by atoms with Crippen LogP contribution in [0, 0.1) is 17.4 Å². The van der Waals surface area contributed by atoms with E-state index in [2.05, 4.69) is 42.9 Å². The van der Waals surface area contributed by atoms with Crippen LogP contribution in [0.3, 0.4) is 0 Å². The van der Waals surface area contributed by atoms with E-state index in [4.69, 9.17) is 0 Å². The SMILES string of the molecule is Cc1ccc(Nc2ncncc2I)c(C)n1. The molecule has 2 heterocycles. The van der Waals surface area contributed by atoms with Crippen molar-refractivity contribution in [1.29, 1.82) is 0 Å². The van der Waals surface area contributed by atoms with Crippen molar-refractivity contribution >= 4 is 34.1 Å². The molecule has 0 aliphatic carbocycles. The number of nitrogens with zero attached hydrogens (tertiary/aromatic N) is 3. The van der Waals surface area contributed by atoms with Crippen molar-refractivity contribution in [3.05, 3.63) is 39.6 Å². The zero-order valence-corrected chi connectivity index (χ0v) is 11.2. The molecule has 0 amide bonds. The summed E-state index contributed by atoms with van der Waals surface area (Å²) in [5, 5.41) is 3.25. The second kappa shape index (κ2) is 4.73. The minimum atomic E-state index is 0.810.